The van der Waals surface area contributed by atoms with Gasteiger partial charge in [-0.3, -0.25) is 14.2 Å². The van der Waals surface area contributed by atoms with E-state index >= 15 is 0 Å². The zero-order chi connectivity index (χ0) is 44.5. The minimum atomic E-state index is -4.59. The fourth-order valence-corrected chi connectivity index (χ4v) is 10.4. The van der Waals surface area contributed by atoms with Gasteiger partial charge in [-0.2, -0.15) is 11.8 Å². The molecule has 1 aromatic carbocycles. The van der Waals surface area contributed by atoms with Crippen LogP contribution in [0.2, 0.25) is 0 Å². The molecule has 0 amide bonds. The molecule has 12 nitrogen and oxygen atoms in total. The van der Waals surface area contributed by atoms with Gasteiger partial charge in [0.25, 0.3) is 5.56 Å². The number of pyridine rings is 2. The van der Waals surface area contributed by atoms with Crippen LogP contribution in [0.3, 0.4) is 0 Å². The lowest BCUT2D eigenvalue weighted by molar-refractivity contribution is -0.172. The first-order chi connectivity index (χ1) is 29.9. The van der Waals surface area contributed by atoms with Gasteiger partial charge in [0.05, 0.1) is 41.7 Å². The number of esters is 1. The van der Waals surface area contributed by atoms with Gasteiger partial charge in [-0.1, -0.05) is 124 Å². The van der Waals surface area contributed by atoms with Crippen LogP contribution in [0.15, 0.2) is 29.1 Å². The number of phosphoric ester groups is 1. The van der Waals surface area contributed by atoms with Gasteiger partial charge in [-0.15, -0.1) is 0 Å². The van der Waals surface area contributed by atoms with Crippen LogP contribution >= 0.6 is 19.6 Å². The van der Waals surface area contributed by atoms with Crippen molar-refractivity contribution in [2.24, 2.45) is 0 Å². The minimum absolute atomic E-state index is 0.0558. The summed E-state index contributed by atoms with van der Waals surface area (Å²) in [6, 6.07) is 6.98. The third-order valence-corrected chi connectivity index (χ3v) is 14.3. The summed E-state index contributed by atoms with van der Waals surface area (Å²) in [4.78, 5) is 44.4. The number of aromatic nitrogens is 2. The molecular weight excluding hydrogens is 826 g/mol. The molecule has 4 heterocycles. The molecule has 62 heavy (non-hydrogen) atoms. The van der Waals surface area contributed by atoms with Gasteiger partial charge < -0.3 is 28.6 Å². The molecule has 0 saturated carbocycles. The summed E-state index contributed by atoms with van der Waals surface area (Å²) >= 11 is 1.81. The predicted octanol–water partition coefficient (Wildman–Crippen LogP) is 10.8. The van der Waals surface area contributed by atoms with Gasteiger partial charge in [0.2, 0.25) is 0 Å². The Bertz CT molecular complexity index is 2010. The maximum Gasteiger partial charge on any atom is 0.527 e. The van der Waals surface area contributed by atoms with Crippen LogP contribution in [0.4, 0.5) is 0 Å². The van der Waals surface area contributed by atoms with Crippen molar-refractivity contribution in [3.8, 4) is 17.1 Å². The summed E-state index contributed by atoms with van der Waals surface area (Å²) in [6.07, 6.45) is 22.2. The topological polar surface area (TPSA) is 150 Å². The summed E-state index contributed by atoms with van der Waals surface area (Å²) in [5.41, 5.74) is 1.34. The number of thioether (sulfide) groups is 1. The molecule has 5 rings (SSSR count). The van der Waals surface area contributed by atoms with Crippen LogP contribution in [0, 0.1) is 0 Å². The fraction of sp³-hybridized carbons (Fsp3) is 0.688. The van der Waals surface area contributed by atoms with Crippen LogP contribution in [0.5, 0.6) is 5.75 Å². The Morgan fingerprint density at radius 2 is 1.53 bits per heavy atom. The van der Waals surface area contributed by atoms with Crippen molar-refractivity contribution in [1.82, 2.24) is 14.5 Å². The molecule has 0 spiro atoms. The summed E-state index contributed by atoms with van der Waals surface area (Å²) in [5.74, 6) is 1.12. The summed E-state index contributed by atoms with van der Waals surface area (Å²) in [7, 11) is -0.788. The maximum absolute atomic E-state index is 13.7. The quantitative estimate of drug-likeness (QED) is 0.0281. The fourth-order valence-electron chi connectivity index (χ4n) is 8.52. The normalized spacial score (nSPS) is 17.2. The van der Waals surface area contributed by atoms with E-state index in [9.17, 15) is 24.2 Å². The third-order valence-electron chi connectivity index (χ3n) is 12.2. The molecule has 2 aromatic heterocycles. The van der Waals surface area contributed by atoms with Gasteiger partial charge in [-0.05, 0) is 63.4 Å². The number of carbonyl (C=O) groups is 1. The Kier molecular flexibility index (Phi) is 20.3. The number of hydrogen-bond acceptors (Lipinski definition) is 11. The molecule has 2 aliphatic heterocycles. The highest BCUT2D eigenvalue weighted by Gasteiger charge is 2.45. The number of cyclic esters (lactones) is 1. The molecule has 0 radical (unpaired) electrons. The second-order valence-corrected chi connectivity index (χ2v) is 20.1. The minimum Gasteiger partial charge on any atom is -0.458 e. The van der Waals surface area contributed by atoms with E-state index in [1.54, 1.807) is 29.7 Å². The zero-order valence-electron chi connectivity index (χ0n) is 38.2. The molecule has 0 saturated heterocycles. The molecule has 0 bridgehead atoms. The van der Waals surface area contributed by atoms with Gasteiger partial charge in [-0.25, -0.2) is 14.3 Å². The first kappa shape index (κ1) is 50.2. The molecule has 2 N–H and O–H groups in total. The number of phosphoric acid groups is 1. The van der Waals surface area contributed by atoms with E-state index in [1.807, 2.05) is 36.8 Å². The summed E-state index contributed by atoms with van der Waals surface area (Å²) < 4.78 is 38.4. The Morgan fingerprint density at radius 1 is 0.903 bits per heavy atom. The number of hydrogen-bond donors (Lipinski definition) is 2. The number of unbranched alkanes of at least 4 members (excludes halogenated alkanes) is 16. The average Bonchev–Trinajstić information content (AvgIpc) is 3.61. The van der Waals surface area contributed by atoms with E-state index in [1.165, 1.54) is 96.3 Å². The molecule has 3 aromatic rings. The summed E-state index contributed by atoms with van der Waals surface area (Å²) in [6.45, 7) is 7.07. The van der Waals surface area contributed by atoms with E-state index in [4.69, 9.17) is 23.5 Å². The van der Waals surface area contributed by atoms with Gasteiger partial charge >= 0.3 is 13.8 Å². The van der Waals surface area contributed by atoms with Crippen molar-refractivity contribution in [1.29, 1.82) is 0 Å². The monoisotopic (exact) mass is 899 g/mol. The number of ether oxygens (including phenoxy) is 2. The highest BCUT2D eigenvalue weighted by molar-refractivity contribution is 7.99. The number of fused-ring (bicyclic) bond motifs is 5. The number of aliphatic hydroxyl groups is 1. The first-order valence-corrected chi connectivity index (χ1v) is 26.2. The number of rotatable bonds is 31. The zero-order valence-corrected chi connectivity index (χ0v) is 39.9. The lowest BCUT2D eigenvalue weighted by atomic mass is 9.86. The van der Waals surface area contributed by atoms with Gasteiger partial charge in [0.15, 0.2) is 5.60 Å². The smallest absolute Gasteiger partial charge is 0.458 e. The van der Waals surface area contributed by atoms with Crippen molar-refractivity contribution < 1.29 is 37.9 Å². The van der Waals surface area contributed by atoms with Crippen molar-refractivity contribution in [3.63, 3.8) is 0 Å². The third kappa shape index (κ3) is 13.9. The molecular formula is C48H74N3O9PS. The molecule has 0 aliphatic carbocycles. The van der Waals surface area contributed by atoms with Crippen molar-refractivity contribution in [2.75, 3.05) is 38.8 Å². The van der Waals surface area contributed by atoms with Crippen molar-refractivity contribution >= 4 is 36.5 Å². The molecule has 14 heteroatoms. The van der Waals surface area contributed by atoms with E-state index in [0.29, 0.717) is 46.8 Å². The van der Waals surface area contributed by atoms with E-state index < -0.39 is 19.4 Å². The van der Waals surface area contributed by atoms with Crippen molar-refractivity contribution in [2.45, 2.75) is 174 Å². The summed E-state index contributed by atoms with van der Waals surface area (Å²) in [5, 5.41) is 12.0. The van der Waals surface area contributed by atoms with Crippen LogP contribution in [-0.2, 0) is 48.7 Å². The van der Waals surface area contributed by atoms with E-state index in [-0.39, 0.29) is 54.7 Å². The van der Waals surface area contributed by atoms with Gasteiger partial charge in [0.1, 0.15) is 12.4 Å². The second-order valence-electron chi connectivity index (χ2n) is 17.5. The van der Waals surface area contributed by atoms with Gasteiger partial charge in [0, 0.05) is 41.0 Å². The Balaban J connectivity index is 1.24. The first-order valence-electron chi connectivity index (χ1n) is 23.6. The SMILES string of the molecule is CCCCCCCCCCCCSCC(COP(=O)(O)Oc1ccc2nc3c(cc2c1CN(C)C)Cn1c-3cc2c(c1=O)COC(=O)C2(O)CC)OCCCCCCCCCC. The highest BCUT2D eigenvalue weighted by Crippen LogP contribution is 2.47. The molecule has 3 unspecified atom stereocenters. The Labute approximate surface area is 374 Å². The predicted molar refractivity (Wildman–Crippen MR) is 250 cm³/mol. The average molecular weight is 900 g/mol. The van der Waals surface area contributed by atoms with Crippen LogP contribution in [0.1, 0.15) is 165 Å². The second kappa shape index (κ2) is 25.1. The number of benzene rings is 1. The van der Waals surface area contributed by atoms with E-state index in [2.05, 4.69) is 13.8 Å². The largest absolute Gasteiger partial charge is 0.527 e. The molecule has 346 valence electrons. The van der Waals surface area contributed by atoms with Crippen LogP contribution in [-0.4, -0.2) is 75.3 Å². The number of nitrogens with zero attached hydrogens (tertiary/aromatic N) is 3. The Hall–Kier alpha value is -2.77. The van der Waals surface area contributed by atoms with Crippen LogP contribution < -0.4 is 10.1 Å². The lowest BCUT2D eigenvalue weighted by Gasteiger charge is -2.31. The number of carbonyl (C=O) groups excluding carboxylic acids is 1. The Morgan fingerprint density at radius 3 is 2.16 bits per heavy atom. The van der Waals surface area contributed by atoms with Crippen LogP contribution in [0.25, 0.3) is 22.3 Å². The van der Waals surface area contributed by atoms with Crippen molar-refractivity contribution in [3.05, 3.63) is 56.9 Å². The highest BCUT2D eigenvalue weighted by atomic mass is 32.2. The molecule has 2 aliphatic rings. The molecule has 3 atom stereocenters. The van der Waals surface area contributed by atoms with E-state index in [0.717, 1.165) is 30.6 Å². The standard InChI is InChI=1S/C48H74N3O9PS/c1-6-9-11-13-15-17-18-20-22-24-28-62-35-37(57-27-23-21-19-16-14-12-10-7-2)33-59-61(55,56)60-44-26-25-42-38(39(44)32-50(4)5)29-36-31-51-43(45(36)49-42)30-41-40(46(51)52)34-58-47(53)48(41,54)8-3/h25-26,29-30,37,54H,6-24,27-28,31-35H2,1-5H3,(H,55,56). The maximum atomic E-state index is 13.7. The molecule has 0 fully saturated rings. The lowest BCUT2D eigenvalue weighted by Crippen LogP contribution is -2.44.